The summed E-state index contributed by atoms with van der Waals surface area (Å²) in [5.74, 6) is 0.378. The SMILES string of the molecule is Cc1ccc(C(C)N(C)C(=O)C2CCNC2C)cc1. The Bertz CT molecular complexity index is 441. The average Bonchev–Trinajstić information content (AvgIpc) is 2.83. The number of carbonyl (C=O) groups excluding carboxylic acids is 1. The Morgan fingerprint density at radius 2 is 2.00 bits per heavy atom. The molecule has 0 spiro atoms. The largest absolute Gasteiger partial charge is 0.339 e. The van der Waals surface area contributed by atoms with Crippen LogP contribution in [0.4, 0.5) is 0 Å². The van der Waals surface area contributed by atoms with Crippen LogP contribution in [0.1, 0.15) is 37.4 Å². The lowest BCUT2D eigenvalue weighted by Gasteiger charge is -2.29. The molecule has 0 aromatic heterocycles. The van der Waals surface area contributed by atoms with E-state index < -0.39 is 0 Å². The van der Waals surface area contributed by atoms with Gasteiger partial charge in [0.2, 0.25) is 5.91 Å². The van der Waals surface area contributed by atoms with E-state index in [1.165, 1.54) is 11.1 Å². The molecule has 1 aliphatic heterocycles. The molecule has 3 nitrogen and oxygen atoms in total. The molecule has 19 heavy (non-hydrogen) atoms. The highest BCUT2D eigenvalue weighted by Crippen LogP contribution is 2.24. The summed E-state index contributed by atoms with van der Waals surface area (Å²) in [4.78, 5) is 14.4. The molecule has 1 amide bonds. The van der Waals surface area contributed by atoms with E-state index in [2.05, 4.69) is 50.4 Å². The molecule has 0 bridgehead atoms. The van der Waals surface area contributed by atoms with Crippen molar-refractivity contribution >= 4 is 5.91 Å². The molecular weight excluding hydrogens is 236 g/mol. The lowest BCUT2D eigenvalue weighted by atomic mass is 9.98. The second-order valence-corrected chi connectivity index (χ2v) is 5.67. The molecule has 1 aliphatic rings. The van der Waals surface area contributed by atoms with Crippen LogP contribution in [-0.4, -0.2) is 30.4 Å². The fourth-order valence-corrected chi connectivity index (χ4v) is 2.72. The predicted octanol–water partition coefficient (Wildman–Crippen LogP) is 2.51. The van der Waals surface area contributed by atoms with E-state index in [0.717, 1.165) is 13.0 Å². The maximum atomic E-state index is 12.5. The second kappa shape index (κ2) is 5.74. The van der Waals surface area contributed by atoms with Crippen LogP contribution in [0.15, 0.2) is 24.3 Å². The minimum absolute atomic E-state index is 0.123. The van der Waals surface area contributed by atoms with Crippen molar-refractivity contribution in [3.05, 3.63) is 35.4 Å². The zero-order valence-corrected chi connectivity index (χ0v) is 12.3. The second-order valence-electron chi connectivity index (χ2n) is 5.67. The maximum Gasteiger partial charge on any atom is 0.227 e. The summed E-state index contributed by atoms with van der Waals surface area (Å²) in [5.41, 5.74) is 2.44. The fourth-order valence-electron chi connectivity index (χ4n) is 2.72. The van der Waals surface area contributed by atoms with Gasteiger partial charge in [0, 0.05) is 13.1 Å². The van der Waals surface area contributed by atoms with Gasteiger partial charge in [-0.2, -0.15) is 0 Å². The first-order valence-corrected chi connectivity index (χ1v) is 7.07. The molecule has 0 aliphatic carbocycles. The Balaban J connectivity index is 2.08. The first-order chi connectivity index (χ1) is 9.00. The molecule has 1 heterocycles. The van der Waals surface area contributed by atoms with E-state index in [4.69, 9.17) is 0 Å². The molecule has 3 heteroatoms. The van der Waals surface area contributed by atoms with Gasteiger partial charge in [0.15, 0.2) is 0 Å². The third kappa shape index (κ3) is 2.98. The monoisotopic (exact) mass is 260 g/mol. The van der Waals surface area contributed by atoms with Gasteiger partial charge in [0.05, 0.1) is 12.0 Å². The topological polar surface area (TPSA) is 32.3 Å². The number of hydrogen-bond acceptors (Lipinski definition) is 2. The molecule has 0 radical (unpaired) electrons. The number of hydrogen-bond donors (Lipinski definition) is 1. The highest BCUT2D eigenvalue weighted by Gasteiger charge is 2.33. The number of nitrogens with zero attached hydrogens (tertiary/aromatic N) is 1. The normalized spacial score (nSPS) is 24.2. The summed E-state index contributed by atoms with van der Waals surface area (Å²) in [6.07, 6.45) is 0.949. The smallest absolute Gasteiger partial charge is 0.227 e. The summed E-state index contributed by atoms with van der Waals surface area (Å²) in [6, 6.07) is 8.84. The fraction of sp³-hybridized carbons (Fsp3) is 0.562. The van der Waals surface area contributed by atoms with E-state index in [9.17, 15) is 4.79 Å². The van der Waals surface area contributed by atoms with Gasteiger partial charge in [-0.3, -0.25) is 4.79 Å². The van der Waals surface area contributed by atoms with E-state index in [-0.39, 0.29) is 17.9 Å². The third-order valence-electron chi connectivity index (χ3n) is 4.33. The van der Waals surface area contributed by atoms with E-state index in [0.29, 0.717) is 6.04 Å². The highest BCUT2D eigenvalue weighted by atomic mass is 16.2. The Kier molecular flexibility index (Phi) is 4.25. The van der Waals surface area contributed by atoms with Crippen molar-refractivity contribution in [3.63, 3.8) is 0 Å². The van der Waals surface area contributed by atoms with Crippen LogP contribution in [0.25, 0.3) is 0 Å². The van der Waals surface area contributed by atoms with Gasteiger partial charge in [-0.25, -0.2) is 0 Å². The summed E-state index contributed by atoms with van der Waals surface area (Å²) < 4.78 is 0. The predicted molar refractivity (Wildman–Crippen MR) is 77.9 cm³/mol. The van der Waals surface area contributed by atoms with Crippen molar-refractivity contribution in [2.75, 3.05) is 13.6 Å². The van der Waals surface area contributed by atoms with Gasteiger partial charge in [-0.05, 0) is 39.3 Å². The van der Waals surface area contributed by atoms with Gasteiger partial charge in [0.25, 0.3) is 0 Å². The summed E-state index contributed by atoms with van der Waals surface area (Å²) in [5, 5.41) is 3.34. The molecule has 1 aromatic carbocycles. The summed E-state index contributed by atoms with van der Waals surface area (Å²) in [7, 11) is 1.91. The minimum atomic E-state index is 0.123. The van der Waals surface area contributed by atoms with Crippen LogP contribution >= 0.6 is 0 Å². The first-order valence-electron chi connectivity index (χ1n) is 7.07. The van der Waals surface area contributed by atoms with Crippen molar-refractivity contribution in [1.82, 2.24) is 10.2 Å². The molecule has 2 rings (SSSR count). The first kappa shape index (κ1) is 14.1. The lowest BCUT2D eigenvalue weighted by molar-refractivity contribution is -0.136. The molecule has 104 valence electrons. The van der Waals surface area contributed by atoms with Crippen molar-refractivity contribution < 1.29 is 4.79 Å². The number of nitrogens with one attached hydrogen (secondary N) is 1. The lowest BCUT2D eigenvalue weighted by Crippen LogP contribution is -2.39. The average molecular weight is 260 g/mol. The van der Waals surface area contributed by atoms with E-state index >= 15 is 0 Å². The van der Waals surface area contributed by atoms with Crippen molar-refractivity contribution in [2.24, 2.45) is 5.92 Å². The number of rotatable bonds is 3. The molecule has 1 saturated heterocycles. The zero-order chi connectivity index (χ0) is 14.0. The number of benzene rings is 1. The van der Waals surface area contributed by atoms with Crippen LogP contribution in [0.3, 0.4) is 0 Å². The minimum Gasteiger partial charge on any atom is -0.339 e. The standard InChI is InChI=1S/C16H24N2O/c1-11-5-7-14(8-6-11)13(3)18(4)16(19)15-9-10-17-12(15)2/h5-8,12-13,15,17H,9-10H2,1-4H3. The van der Waals surface area contributed by atoms with Crippen LogP contribution in [0.2, 0.25) is 0 Å². The molecule has 3 unspecified atom stereocenters. The summed E-state index contributed by atoms with van der Waals surface area (Å²) >= 11 is 0. The highest BCUT2D eigenvalue weighted by molar-refractivity contribution is 5.80. The quantitative estimate of drug-likeness (QED) is 0.905. The van der Waals surface area contributed by atoms with Crippen molar-refractivity contribution in [1.29, 1.82) is 0 Å². The van der Waals surface area contributed by atoms with Crippen LogP contribution in [0, 0.1) is 12.8 Å². The molecule has 1 N–H and O–H groups in total. The molecular formula is C16H24N2O. The number of amides is 1. The summed E-state index contributed by atoms with van der Waals surface area (Å²) in [6.45, 7) is 7.22. The van der Waals surface area contributed by atoms with Gasteiger partial charge in [-0.15, -0.1) is 0 Å². The third-order valence-corrected chi connectivity index (χ3v) is 4.33. The Morgan fingerprint density at radius 1 is 1.37 bits per heavy atom. The van der Waals surface area contributed by atoms with Crippen LogP contribution in [0.5, 0.6) is 0 Å². The molecule has 0 saturated carbocycles. The van der Waals surface area contributed by atoms with E-state index in [1.807, 2.05) is 11.9 Å². The van der Waals surface area contributed by atoms with Gasteiger partial charge < -0.3 is 10.2 Å². The molecule has 1 fully saturated rings. The number of aryl methyl sites for hydroxylation is 1. The Labute approximate surface area is 116 Å². The van der Waals surface area contributed by atoms with Gasteiger partial charge in [0.1, 0.15) is 0 Å². The Hall–Kier alpha value is -1.35. The van der Waals surface area contributed by atoms with Crippen LogP contribution < -0.4 is 5.32 Å². The van der Waals surface area contributed by atoms with Crippen LogP contribution in [-0.2, 0) is 4.79 Å². The van der Waals surface area contributed by atoms with Gasteiger partial charge >= 0.3 is 0 Å². The van der Waals surface area contributed by atoms with Gasteiger partial charge in [-0.1, -0.05) is 29.8 Å². The number of carbonyl (C=O) groups is 1. The molecule has 1 aromatic rings. The van der Waals surface area contributed by atoms with E-state index in [1.54, 1.807) is 0 Å². The zero-order valence-electron chi connectivity index (χ0n) is 12.3. The van der Waals surface area contributed by atoms with Crippen molar-refractivity contribution in [2.45, 2.75) is 39.3 Å². The maximum absolute atomic E-state index is 12.5. The molecule has 3 atom stereocenters. The Morgan fingerprint density at radius 3 is 2.53 bits per heavy atom. The van der Waals surface area contributed by atoms with Crippen molar-refractivity contribution in [3.8, 4) is 0 Å².